The van der Waals surface area contributed by atoms with Crippen LogP contribution >= 0.6 is 11.6 Å². The highest BCUT2D eigenvalue weighted by atomic mass is 35.5. The second-order valence-electron chi connectivity index (χ2n) is 6.33. The molecule has 0 spiro atoms. The van der Waals surface area contributed by atoms with Gasteiger partial charge in [-0.05, 0) is 31.0 Å². The molecule has 6 heteroatoms. The van der Waals surface area contributed by atoms with Crippen LogP contribution in [0.25, 0.3) is 0 Å². The van der Waals surface area contributed by atoms with E-state index in [0.29, 0.717) is 34.8 Å². The Labute approximate surface area is 163 Å². The summed E-state index contributed by atoms with van der Waals surface area (Å²) in [5.74, 6) is -1.16. The van der Waals surface area contributed by atoms with Crippen LogP contribution in [-0.2, 0) is 14.3 Å². The number of esters is 1. The number of benzodiazepines with no additional fused rings is 1. The number of rotatable bonds is 5. The van der Waals surface area contributed by atoms with Gasteiger partial charge < -0.3 is 10.1 Å². The van der Waals surface area contributed by atoms with E-state index in [1.54, 1.807) is 18.2 Å². The first-order valence-electron chi connectivity index (χ1n) is 8.98. The lowest BCUT2D eigenvalue weighted by atomic mass is 10.0. The van der Waals surface area contributed by atoms with Crippen LogP contribution < -0.4 is 5.32 Å². The largest absolute Gasteiger partial charge is 0.430 e. The number of aliphatic imine (C=N–C) groups is 1. The number of hydrogen-bond donors (Lipinski definition) is 1. The molecular weight excluding hydrogens is 364 g/mol. The summed E-state index contributed by atoms with van der Waals surface area (Å²) in [6.07, 6.45) is 0.0447. The van der Waals surface area contributed by atoms with Crippen LogP contribution in [0.2, 0.25) is 5.02 Å². The summed E-state index contributed by atoms with van der Waals surface area (Å²) in [5.41, 5.74) is 2.62. The van der Waals surface area contributed by atoms with E-state index in [1.807, 2.05) is 44.2 Å². The second kappa shape index (κ2) is 8.35. The van der Waals surface area contributed by atoms with Crippen molar-refractivity contribution < 1.29 is 14.3 Å². The summed E-state index contributed by atoms with van der Waals surface area (Å²) in [6, 6.07) is 14.6. The maximum Gasteiger partial charge on any atom is 0.311 e. The fourth-order valence-electron chi connectivity index (χ4n) is 3.00. The molecule has 0 radical (unpaired) electrons. The predicted molar refractivity (Wildman–Crippen MR) is 106 cm³/mol. The van der Waals surface area contributed by atoms with Crippen LogP contribution in [0, 0.1) is 5.92 Å². The van der Waals surface area contributed by atoms with Gasteiger partial charge in [-0.2, -0.15) is 0 Å². The first-order valence-corrected chi connectivity index (χ1v) is 9.35. The lowest BCUT2D eigenvalue weighted by molar-refractivity contribution is -0.158. The average molecular weight is 385 g/mol. The molecule has 0 saturated carbocycles. The minimum Gasteiger partial charge on any atom is -0.430 e. The zero-order valence-corrected chi connectivity index (χ0v) is 16.0. The van der Waals surface area contributed by atoms with Crippen molar-refractivity contribution in [3.63, 3.8) is 0 Å². The first kappa shape index (κ1) is 19.1. The summed E-state index contributed by atoms with van der Waals surface area (Å²) in [5, 5.41) is 3.32. The highest BCUT2D eigenvalue weighted by Gasteiger charge is 2.30. The molecule has 3 rings (SSSR count). The van der Waals surface area contributed by atoms with Gasteiger partial charge in [-0.25, -0.2) is 4.99 Å². The molecule has 1 amide bonds. The van der Waals surface area contributed by atoms with Crippen LogP contribution in [0.1, 0.15) is 37.8 Å². The molecule has 1 atom stereocenters. The van der Waals surface area contributed by atoms with Crippen molar-refractivity contribution in [3.8, 4) is 0 Å². The molecule has 1 N–H and O–H groups in total. The molecule has 2 aromatic carbocycles. The maximum absolute atomic E-state index is 12.6. The van der Waals surface area contributed by atoms with E-state index in [2.05, 4.69) is 10.3 Å². The van der Waals surface area contributed by atoms with E-state index in [-0.39, 0.29) is 5.92 Å². The van der Waals surface area contributed by atoms with Gasteiger partial charge in [0.25, 0.3) is 12.1 Å². The number of hydrogen-bond acceptors (Lipinski definition) is 4. The van der Waals surface area contributed by atoms with Crippen molar-refractivity contribution in [3.05, 3.63) is 64.7 Å². The van der Waals surface area contributed by atoms with Crippen molar-refractivity contribution in [1.29, 1.82) is 0 Å². The molecule has 0 aliphatic carbocycles. The molecule has 0 saturated heterocycles. The van der Waals surface area contributed by atoms with Gasteiger partial charge in [0.15, 0.2) is 0 Å². The quantitative estimate of drug-likeness (QED) is 0.775. The highest BCUT2D eigenvalue weighted by molar-refractivity contribution is 6.32. The van der Waals surface area contributed by atoms with E-state index in [1.165, 1.54) is 0 Å². The Morgan fingerprint density at radius 3 is 2.56 bits per heavy atom. The molecule has 1 unspecified atom stereocenters. The SMILES string of the molecule is CCC(CC)C(=O)OC1N=C(c2ccccc2)c2cc(Cl)ccc2NC1=O. The van der Waals surface area contributed by atoms with Gasteiger partial charge in [-0.1, -0.05) is 55.8 Å². The van der Waals surface area contributed by atoms with Gasteiger partial charge in [0, 0.05) is 16.1 Å². The number of fused-ring (bicyclic) bond motifs is 1. The molecule has 27 heavy (non-hydrogen) atoms. The highest BCUT2D eigenvalue weighted by Crippen LogP contribution is 2.28. The fourth-order valence-corrected chi connectivity index (χ4v) is 3.17. The molecule has 0 aromatic heterocycles. The van der Waals surface area contributed by atoms with Gasteiger partial charge in [-0.15, -0.1) is 0 Å². The Hall–Kier alpha value is -2.66. The lowest BCUT2D eigenvalue weighted by Gasteiger charge is -2.16. The van der Waals surface area contributed by atoms with Crippen LogP contribution in [0.4, 0.5) is 5.69 Å². The molecule has 1 aliphatic heterocycles. The van der Waals surface area contributed by atoms with Crippen molar-refractivity contribution in [2.45, 2.75) is 32.9 Å². The number of ether oxygens (including phenoxy) is 1. The average Bonchev–Trinajstić information content (AvgIpc) is 2.80. The van der Waals surface area contributed by atoms with Gasteiger partial charge >= 0.3 is 5.97 Å². The lowest BCUT2D eigenvalue weighted by Crippen LogP contribution is -2.32. The molecule has 140 valence electrons. The molecular formula is C21H21ClN2O3. The normalized spacial score (nSPS) is 16.2. The second-order valence-corrected chi connectivity index (χ2v) is 6.76. The number of benzene rings is 2. The number of carbonyl (C=O) groups excluding carboxylic acids is 2. The summed E-state index contributed by atoms with van der Waals surface area (Å²) < 4.78 is 5.47. The predicted octanol–water partition coefficient (Wildman–Crippen LogP) is 4.44. The van der Waals surface area contributed by atoms with E-state index in [9.17, 15) is 9.59 Å². The fraction of sp³-hybridized carbons (Fsp3) is 0.286. The van der Waals surface area contributed by atoms with Crippen LogP contribution in [-0.4, -0.2) is 23.8 Å². The van der Waals surface area contributed by atoms with Crippen molar-refractivity contribution in [2.75, 3.05) is 5.32 Å². The molecule has 0 fully saturated rings. The zero-order chi connectivity index (χ0) is 19.4. The first-order chi connectivity index (χ1) is 13.0. The smallest absolute Gasteiger partial charge is 0.311 e. The third-order valence-electron chi connectivity index (χ3n) is 4.56. The minimum absolute atomic E-state index is 0.256. The molecule has 1 heterocycles. The summed E-state index contributed by atoms with van der Waals surface area (Å²) in [6.45, 7) is 3.83. The Morgan fingerprint density at radius 1 is 1.19 bits per heavy atom. The molecule has 2 aromatic rings. The number of carbonyl (C=O) groups is 2. The van der Waals surface area contributed by atoms with Crippen molar-refractivity contribution in [1.82, 2.24) is 0 Å². The third-order valence-corrected chi connectivity index (χ3v) is 4.79. The number of amides is 1. The summed E-state index contributed by atoms with van der Waals surface area (Å²) in [4.78, 5) is 29.6. The van der Waals surface area contributed by atoms with Crippen LogP contribution in [0.3, 0.4) is 0 Å². The van der Waals surface area contributed by atoms with E-state index in [4.69, 9.17) is 16.3 Å². The molecule has 5 nitrogen and oxygen atoms in total. The number of anilines is 1. The van der Waals surface area contributed by atoms with Crippen molar-refractivity contribution in [2.24, 2.45) is 10.9 Å². The Bertz CT molecular complexity index is 876. The number of nitrogens with zero attached hydrogens (tertiary/aromatic N) is 1. The Balaban J connectivity index is 2.05. The molecule has 0 bridgehead atoms. The van der Waals surface area contributed by atoms with E-state index in [0.717, 1.165) is 5.56 Å². The van der Waals surface area contributed by atoms with E-state index >= 15 is 0 Å². The Kier molecular flexibility index (Phi) is 5.91. The standard InChI is InChI=1S/C21H21ClN2O3/c1-3-13(4-2)21(26)27-20-19(25)23-17-11-10-15(22)12-16(17)18(24-20)14-8-6-5-7-9-14/h5-13,20H,3-4H2,1-2H3,(H,23,25). The van der Waals surface area contributed by atoms with Crippen LogP contribution in [0.5, 0.6) is 0 Å². The number of halogens is 1. The van der Waals surface area contributed by atoms with Gasteiger partial charge in [0.05, 0.1) is 17.3 Å². The third kappa shape index (κ3) is 4.19. The van der Waals surface area contributed by atoms with Gasteiger partial charge in [0.2, 0.25) is 0 Å². The van der Waals surface area contributed by atoms with Crippen molar-refractivity contribution >= 4 is 34.9 Å². The monoisotopic (exact) mass is 384 g/mol. The molecule has 1 aliphatic rings. The summed E-state index contributed by atoms with van der Waals surface area (Å²) in [7, 11) is 0. The topological polar surface area (TPSA) is 67.8 Å². The zero-order valence-electron chi connectivity index (χ0n) is 15.2. The number of nitrogens with one attached hydrogen (secondary N) is 1. The minimum atomic E-state index is -1.25. The Morgan fingerprint density at radius 2 is 1.89 bits per heavy atom. The van der Waals surface area contributed by atoms with Gasteiger partial charge in [-0.3, -0.25) is 9.59 Å². The maximum atomic E-state index is 12.6. The van der Waals surface area contributed by atoms with Gasteiger partial charge in [0.1, 0.15) is 0 Å². The summed E-state index contributed by atoms with van der Waals surface area (Å²) >= 11 is 6.17. The van der Waals surface area contributed by atoms with Crippen LogP contribution in [0.15, 0.2) is 53.5 Å². The van der Waals surface area contributed by atoms with E-state index < -0.39 is 18.1 Å².